The van der Waals surface area contributed by atoms with E-state index in [1.165, 1.54) is 18.5 Å². The monoisotopic (exact) mass is 251 g/mol. The van der Waals surface area contributed by atoms with Gasteiger partial charge in [0, 0.05) is 13.0 Å². The van der Waals surface area contributed by atoms with E-state index in [-0.39, 0.29) is 11.3 Å². The van der Waals surface area contributed by atoms with Crippen molar-refractivity contribution < 1.29 is 18.8 Å². The first kappa shape index (κ1) is 12.0. The zero-order valence-corrected chi connectivity index (χ0v) is 9.26. The van der Waals surface area contributed by atoms with Crippen molar-refractivity contribution in [1.29, 1.82) is 0 Å². The molecule has 7 heteroatoms. The number of aromatic nitrogens is 2. The summed E-state index contributed by atoms with van der Waals surface area (Å²) in [5.41, 5.74) is 0.153. The standard InChI is InChI=1S/C11H10FN3O3/c12-8-5-7(11(16)17)1-2-9(8)13-4-3-10-14-6-18-15-10/h1-2,5-6,13H,3-4H2,(H,16,17). The van der Waals surface area contributed by atoms with Crippen LogP contribution >= 0.6 is 0 Å². The van der Waals surface area contributed by atoms with Crippen LogP contribution in [0.3, 0.4) is 0 Å². The van der Waals surface area contributed by atoms with Crippen LogP contribution in [-0.4, -0.2) is 27.8 Å². The van der Waals surface area contributed by atoms with Crippen LogP contribution < -0.4 is 5.32 Å². The zero-order chi connectivity index (χ0) is 13.0. The third-order valence-corrected chi connectivity index (χ3v) is 2.29. The van der Waals surface area contributed by atoms with Crippen LogP contribution in [0.25, 0.3) is 0 Å². The second kappa shape index (κ2) is 5.26. The van der Waals surface area contributed by atoms with Gasteiger partial charge >= 0.3 is 5.97 Å². The Kier molecular flexibility index (Phi) is 3.52. The Labute approximate surface area is 101 Å². The molecule has 0 amide bonds. The molecule has 1 heterocycles. The zero-order valence-electron chi connectivity index (χ0n) is 9.26. The number of hydrogen-bond acceptors (Lipinski definition) is 5. The van der Waals surface area contributed by atoms with Crippen LogP contribution in [0, 0.1) is 5.82 Å². The Morgan fingerprint density at radius 3 is 2.94 bits per heavy atom. The molecule has 0 unspecified atom stereocenters. The third kappa shape index (κ3) is 2.82. The molecule has 0 bridgehead atoms. The van der Waals surface area contributed by atoms with E-state index in [2.05, 4.69) is 20.0 Å². The molecule has 1 aromatic heterocycles. The minimum Gasteiger partial charge on any atom is -0.478 e. The van der Waals surface area contributed by atoms with E-state index >= 15 is 0 Å². The molecular formula is C11H10FN3O3. The van der Waals surface area contributed by atoms with Crippen molar-refractivity contribution in [3.63, 3.8) is 0 Å². The van der Waals surface area contributed by atoms with Crippen LogP contribution in [0.4, 0.5) is 10.1 Å². The Morgan fingerprint density at radius 1 is 1.50 bits per heavy atom. The quantitative estimate of drug-likeness (QED) is 0.838. The Balaban J connectivity index is 1.95. The molecule has 0 aliphatic heterocycles. The van der Waals surface area contributed by atoms with Gasteiger partial charge in [-0.2, -0.15) is 4.98 Å². The molecule has 0 aliphatic carbocycles. The van der Waals surface area contributed by atoms with Gasteiger partial charge in [0.05, 0.1) is 11.3 Å². The average Bonchev–Trinajstić information content (AvgIpc) is 2.84. The lowest BCUT2D eigenvalue weighted by Crippen LogP contribution is -2.08. The fraction of sp³-hybridized carbons (Fsp3) is 0.182. The molecule has 0 fully saturated rings. The number of anilines is 1. The summed E-state index contributed by atoms with van der Waals surface area (Å²) in [4.78, 5) is 14.4. The van der Waals surface area contributed by atoms with Crippen LogP contribution in [0.2, 0.25) is 0 Å². The largest absolute Gasteiger partial charge is 0.478 e. The lowest BCUT2D eigenvalue weighted by atomic mass is 10.2. The predicted octanol–water partition coefficient (Wildman–Crippen LogP) is 1.56. The van der Waals surface area contributed by atoms with Crippen molar-refractivity contribution in [1.82, 2.24) is 10.1 Å². The lowest BCUT2D eigenvalue weighted by molar-refractivity contribution is 0.0696. The molecule has 2 N–H and O–H groups in total. The van der Waals surface area contributed by atoms with E-state index in [4.69, 9.17) is 5.11 Å². The molecule has 0 radical (unpaired) electrons. The first-order valence-corrected chi connectivity index (χ1v) is 5.19. The van der Waals surface area contributed by atoms with Gasteiger partial charge in [-0.3, -0.25) is 0 Å². The van der Waals surface area contributed by atoms with Crippen molar-refractivity contribution in [2.24, 2.45) is 0 Å². The summed E-state index contributed by atoms with van der Waals surface area (Å²) in [6.45, 7) is 0.420. The number of benzene rings is 1. The number of carbonyl (C=O) groups is 1. The summed E-state index contributed by atoms with van der Waals surface area (Å²) in [7, 11) is 0. The van der Waals surface area contributed by atoms with Crippen molar-refractivity contribution in [2.75, 3.05) is 11.9 Å². The van der Waals surface area contributed by atoms with E-state index in [1.807, 2.05) is 0 Å². The maximum absolute atomic E-state index is 13.5. The summed E-state index contributed by atoms with van der Waals surface area (Å²) in [6.07, 6.45) is 1.70. The average molecular weight is 251 g/mol. The number of nitrogens with zero attached hydrogens (tertiary/aromatic N) is 2. The van der Waals surface area contributed by atoms with E-state index in [1.54, 1.807) is 0 Å². The summed E-state index contributed by atoms with van der Waals surface area (Å²) in [5, 5.41) is 15.1. The van der Waals surface area contributed by atoms with Gasteiger partial charge in [-0.25, -0.2) is 9.18 Å². The van der Waals surface area contributed by atoms with Gasteiger partial charge in [0.15, 0.2) is 5.82 Å². The van der Waals surface area contributed by atoms with Crippen LogP contribution in [0.1, 0.15) is 16.2 Å². The van der Waals surface area contributed by atoms with E-state index in [0.29, 0.717) is 18.8 Å². The highest BCUT2D eigenvalue weighted by Gasteiger charge is 2.08. The van der Waals surface area contributed by atoms with Gasteiger partial charge < -0.3 is 14.9 Å². The van der Waals surface area contributed by atoms with Crippen LogP contribution in [0.15, 0.2) is 29.1 Å². The molecule has 2 rings (SSSR count). The molecule has 0 saturated heterocycles. The Morgan fingerprint density at radius 2 is 2.33 bits per heavy atom. The van der Waals surface area contributed by atoms with Gasteiger partial charge in [0.25, 0.3) is 0 Å². The number of rotatable bonds is 5. The lowest BCUT2D eigenvalue weighted by Gasteiger charge is -2.06. The first-order chi connectivity index (χ1) is 8.66. The summed E-state index contributed by atoms with van der Waals surface area (Å²) >= 11 is 0. The smallest absolute Gasteiger partial charge is 0.335 e. The first-order valence-electron chi connectivity index (χ1n) is 5.19. The molecule has 0 aliphatic rings. The molecule has 2 aromatic rings. The predicted molar refractivity (Wildman–Crippen MR) is 59.9 cm³/mol. The highest BCUT2D eigenvalue weighted by molar-refractivity contribution is 5.88. The van der Waals surface area contributed by atoms with Crippen LogP contribution in [0.5, 0.6) is 0 Å². The van der Waals surface area contributed by atoms with E-state index < -0.39 is 11.8 Å². The summed E-state index contributed by atoms with van der Waals surface area (Å²) in [6, 6.07) is 3.69. The number of carboxylic acids is 1. The second-order valence-corrected chi connectivity index (χ2v) is 3.52. The van der Waals surface area contributed by atoms with Crippen LogP contribution in [-0.2, 0) is 6.42 Å². The molecule has 0 saturated carbocycles. The summed E-state index contributed by atoms with van der Waals surface area (Å²) in [5.74, 6) is -1.25. The molecule has 0 spiro atoms. The fourth-order valence-corrected chi connectivity index (χ4v) is 1.40. The minimum absolute atomic E-state index is 0.0868. The Hall–Kier alpha value is -2.44. The van der Waals surface area contributed by atoms with E-state index in [9.17, 15) is 9.18 Å². The van der Waals surface area contributed by atoms with Crippen molar-refractivity contribution in [2.45, 2.75) is 6.42 Å². The highest BCUT2D eigenvalue weighted by atomic mass is 19.1. The Bertz CT molecular complexity index is 542. The number of halogens is 1. The SMILES string of the molecule is O=C(O)c1ccc(NCCc2ncon2)c(F)c1. The van der Waals surface area contributed by atoms with Gasteiger partial charge in [-0.1, -0.05) is 5.16 Å². The van der Waals surface area contributed by atoms with Crippen molar-refractivity contribution in [3.05, 3.63) is 41.8 Å². The molecule has 18 heavy (non-hydrogen) atoms. The maximum Gasteiger partial charge on any atom is 0.335 e. The third-order valence-electron chi connectivity index (χ3n) is 2.29. The molecule has 1 aromatic carbocycles. The second-order valence-electron chi connectivity index (χ2n) is 3.52. The number of carboxylic acid groups (broad SMARTS) is 1. The number of aromatic carboxylic acids is 1. The van der Waals surface area contributed by atoms with Crippen molar-refractivity contribution >= 4 is 11.7 Å². The number of nitrogens with one attached hydrogen (secondary N) is 1. The minimum atomic E-state index is -1.16. The molecule has 94 valence electrons. The summed E-state index contributed by atoms with van der Waals surface area (Å²) < 4.78 is 18.1. The molecule has 6 nitrogen and oxygen atoms in total. The fourth-order valence-electron chi connectivity index (χ4n) is 1.40. The van der Waals surface area contributed by atoms with E-state index in [0.717, 1.165) is 6.07 Å². The van der Waals surface area contributed by atoms with Gasteiger partial charge in [0.2, 0.25) is 6.39 Å². The molecule has 0 atom stereocenters. The maximum atomic E-state index is 13.5. The van der Waals surface area contributed by atoms with Crippen molar-refractivity contribution in [3.8, 4) is 0 Å². The van der Waals surface area contributed by atoms with Gasteiger partial charge in [-0.15, -0.1) is 0 Å². The topological polar surface area (TPSA) is 88.2 Å². The normalized spacial score (nSPS) is 10.3. The highest BCUT2D eigenvalue weighted by Crippen LogP contribution is 2.15. The van der Waals surface area contributed by atoms with Gasteiger partial charge in [0.1, 0.15) is 5.82 Å². The molecular weight excluding hydrogens is 241 g/mol. The number of hydrogen-bond donors (Lipinski definition) is 2. The van der Waals surface area contributed by atoms with Gasteiger partial charge in [-0.05, 0) is 18.2 Å².